The first-order valence-electron chi connectivity index (χ1n) is 5.58. The molecule has 0 bridgehead atoms. The highest BCUT2D eigenvalue weighted by Crippen LogP contribution is 2.04. The number of nitrogens with zero attached hydrogens (tertiary/aromatic N) is 2. The number of hydrogen-bond donors (Lipinski definition) is 1. The maximum absolute atomic E-state index is 12.7. The Morgan fingerprint density at radius 1 is 1.50 bits per heavy atom. The minimum absolute atomic E-state index is 0.590. The van der Waals surface area contributed by atoms with Gasteiger partial charge in [0.1, 0.15) is 0 Å². The summed E-state index contributed by atoms with van der Waals surface area (Å²) >= 11 is 0. The second kappa shape index (κ2) is 12.1. The smallest absolute Gasteiger partial charge is 0.212 e. The van der Waals surface area contributed by atoms with Crippen molar-refractivity contribution in [2.45, 2.75) is 20.8 Å². The number of aliphatic imine (C=N–C) groups is 1. The van der Waals surface area contributed by atoms with Crippen LogP contribution in [0, 0.1) is 0 Å². The first-order chi connectivity index (χ1) is 7.63. The van der Waals surface area contributed by atoms with Gasteiger partial charge in [0.25, 0.3) is 0 Å². The van der Waals surface area contributed by atoms with Gasteiger partial charge in [0.05, 0.1) is 0 Å². The van der Waals surface area contributed by atoms with E-state index in [1.807, 2.05) is 20.8 Å². The molecule has 0 saturated carbocycles. The topological polar surface area (TPSA) is 41.6 Å². The van der Waals surface area contributed by atoms with Crippen LogP contribution >= 0.6 is 0 Å². The third-order valence-electron chi connectivity index (χ3n) is 1.79. The summed E-state index contributed by atoms with van der Waals surface area (Å²) < 4.78 is 12.7. The molecule has 0 spiro atoms. The van der Waals surface area contributed by atoms with Crippen LogP contribution in [0.4, 0.5) is 4.39 Å². The molecule has 94 valence electrons. The Morgan fingerprint density at radius 3 is 2.44 bits per heavy atom. The Bertz CT molecular complexity index is 224. The molecule has 0 amide bonds. The molecule has 0 aromatic rings. The van der Waals surface area contributed by atoms with E-state index in [1.165, 1.54) is 6.08 Å². The van der Waals surface area contributed by atoms with Gasteiger partial charge in [-0.15, -0.1) is 0 Å². The number of hydrogen-bond acceptors (Lipinski definition) is 3. The number of rotatable bonds is 7. The largest absolute Gasteiger partial charge is 0.329 e. The lowest BCUT2D eigenvalue weighted by Gasteiger charge is -2.19. The molecule has 0 unspecified atom stereocenters. The predicted octanol–water partition coefficient (Wildman–Crippen LogP) is 2.36. The Balaban J connectivity index is 0. The van der Waals surface area contributed by atoms with Crippen molar-refractivity contribution < 1.29 is 4.39 Å². The van der Waals surface area contributed by atoms with Crippen molar-refractivity contribution in [2.75, 3.05) is 26.2 Å². The van der Waals surface area contributed by atoms with E-state index < -0.39 is 5.95 Å². The van der Waals surface area contributed by atoms with Gasteiger partial charge in [0.2, 0.25) is 5.95 Å². The molecule has 0 atom stereocenters. The number of nitrogens with two attached hydrogens (primary N) is 1. The third-order valence-corrected chi connectivity index (χ3v) is 1.79. The van der Waals surface area contributed by atoms with Crippen molar-refractivity contribution in [3.8, 4) is 0 Å². The van der Waals surface area contributed by atoms with Crippen LogP contribution in [-0.2, 0) is 0 Å². The molecular formula is C12H24FN3. The van der Waals surface area contributed by atoms with Gasteiger partial charge < -0.3 is 5.73 Å². The first-order valence-corrected chi connectivity index (χ1v) is 5.58. The molecular weight excluding hydrogens is 205 g/mol. The molecule has 3 nitrogen and oxygen atoms in total. The van der Waals surface area contributed by atoms with Gasteiger partial charge in [0, 0.05) is 19.6 Å². The van der Waals surface area contributed by atoms with Crippen LogP contribution in [0.1, 0.15) is 20.8 Å². The van der Waals surface area contributed by atoms with Crippen molar-refractivity contribution in [3.63, 3.8) is 0 Å². The summed E-state index contributed by atoms with van der Waals surface area (Å²) in [4.78, 5) is 5.23. The Kier molecular flexibility index (Phi) is 13.1. The number of likely N-dealkylation sites (N-methyl/N-ethyl adjacent to an activating group) is 1. The average molecular weight is 229 g/mol. The van der Waals surface area contributed by atoms with Crippen LogP contribution in [0.5, 0.6) is 0 Å². The minimum atomic E-state index is -0.598. The monoisotopic (exact) mass is 229 g/mol. The molecule has 0 heterocycles. The molecule has 0 aliphatic rings. The summed E-state index contributed by atoms with van der Waals surface area (Å²) in [5.74, 6) is -0.598. The van der Waals surface area contributed by atoms with Gasteiger partial charge in [-0.25, -0.2) is 4.99 Å². The minimum Gasteiger partial charge on any atom is -0.329 e. The van der Waals surface area contributed by atoms with Gasteiger partial charge in [-0.3, -0.25) is 4.90 Å². The van der Waals surface area contributed by atoms with Crippen molar-refractivity contribution in [1.29, 1.82) is 0 Å². The van der Waals surface area contributed by atoms with Crippen molar-refractivity contribution in [1.82, 2.24) is 4.90 Å². The zero-order valence-corrected chi connectivity index (χ0v) is 10.7. The highest BCUT2D eigenvalue weighted by molar-refractivity contribution is 5.29. The summed E-state index contributed by atoms with van der Waals surface area (Å²) in [7, 11) is 0. The second-order valence-corrected chi connectivity index (χ2v) is 2.94. The summed E-state index contributed by atoms with van der Waals surface area (Å²) in [6, 6.07) is 0. The number of halogens is 1. The molecule has 0 radical (unpaired) electrons. The molecule has 0 aromatic heterocycles. The molecule has 0 aliphatic carbocycles. The molecule has 4 heteroatoms. The van der Waals surface area contributed by atoms with Crippen LogP contribution in [0.2, 0.25) is 0 Å². The summed E-state index contributed by atoms with van der Waals surface area (Å²) in [5, 5.41) is 0. The van der Waals surface area contributed by atoms with Gasteiger partial charge >= 0.3 is 0 Å². The lowest BCUT2D eigenvalue weighted by Crippen LogP contribution is -2.30. The highest BCUT2D eigenvalue weighted by atomic mass is 19.1. The van der Waals surface area contributed by atoms with Crippen LogP contribution in [0.15, 0.2) is 29.2 Å². The summed E-state index contributed by atoms with van der Waals surface area (Å²) in [6.45, 7) is 15.7. The molecule has 0 saturated heterocycles. The van der Waals surface area contributed by atoms with Gasteiger partial charge in [0.15, 0.2) is 0 Å². The maximum Gasteiger partial charge on any atom is 0.212 e. The fourth-order valence-corrected chi connectivity index (χ4v) is 1.08. The van der Waals surface area contributed by atoms with E-state index in [-0.39, 0.29) is 0 Å². The van der Waals surface area contributed by atoms with Crippen LogP contribution in [0.25, 0.3) is 0 Å². The second-order valence-electron chi connectivity index (χ2n) is 2.94. The van der Waals surface area contributed by atoms with Crippen molar-refractivity contribution >= 4 is 6.72 Å². The van der Waals surface area contributed by atoms with Crippen LogP contribution in [-0.4, -0.2) is 37.8 Å². The standard InChI is InChI=1S/C10H18FN3.C2H6/c1-4-14(6-5-12)8-9(2)7-10(11)13-3;1-2/h7H,2-6,8,12H2,1H3;1-2H3/b10-7-;. The van der Waals surface area contributed by atoms with Crippen molar-refractivity contribution in [3.05, 3.63) is 24.2 Å². The first kappa shape index (κ1) is 17.4. The Labute approximate surface area is 98.5 Å². The van der Waals surface area contributed by atoms with E-state index in [2.05, 4.69) is 23.2 Å². The lowest BCUT2D eigenvalue weighted by molar-refractivity contribution is 0.323. The maximum atomic E-state index is 12.7. The zero-order valence-electron chi connectivity index (χ0n) is 10.7. The summed E-state index contributed by atoms with van der Waals surface area (Å²) in [6.07, 6.45) is 1.28. The fourth-order valence-electron chi connectivity index (χ4n) is 1.08. The Hall–Kier alpha value is -1.00. The molecule has 2 N–H and O–H groups in total. The molecule has 0 aliphatic heterocycles. The van der Waals surface area contributed by atoms with Gasteiger partial charge in [-0.05, 0) is 24.9 Å². The quantitative estimate of drug-likeness (QED) is 0.413. The van der Waals surface area contributed by atoms with Crippen LogP contribution < -0.4 is 5.73 Å². The fraction of sp³-hybridized carbons (Fsp3) is 0.583. The molecule has 16 heavy (non-hydrogen) atoms. The van der Waals surface area contributed by atoms with Crippen LogP contribution in [0.3, 0.4) is 0 Å². The highest BCUT2D eigenvalue weighted by Gasteiger charge is 2.02. The average Bonchev–Trinajstić information content (AvgIpc) is 2.30. The zero-order chi connectivity index (χ0) is 13.0. The van der Waals surface area contributed by atoms with E-state index in [4.69, 9.17) is 5.73 Å². The van der Waals surface area contributed by atoms with Crippen molar-refractivity contribution in [2.24, 2.45) is 10.7 Å². The Morgan fingerprint density at radius 2 is 2.06 bits per heavy atom. The summed E-state index contributed by atoms with van der Waals surface area (Å²) in [5.41, 5.74) is 6.09. The van der Waals surface area contributed by atoms with Gasteiger partial charge in [-0.1, -0.05) is 27.4 Å². The molecule has 0 aromatic carbocycles. The van der Waals surface area contributed by atoms with Gasteiger partial charge in [-0.2, -0.15) is 4.39 Å². The normalized spacial score (nSPS) is 10.8. The molecule has 0 rings (SSSR count). The van der Waals surface area contributed by atoms with E-state index in [1.54, 1.807) is 0 Å². The lowest BCUT2D eigenvalue weighted by atomic mass is 10.2. The van der Waals surface area contributed by atoms with E-state index in [0.29, 0.717) is 18.7 Å². The predicted molar refractivity (Wildman–Crippen MR) is 70.4 cm³/mol. The SMILES string of the molecule is C=N/C(F)=C\C(=C)CN(CC)CCN.CC. The van der Waals surface area contributed by atoms with E-state index in [9.17, 15) is 4.39 Å². The van der Waals surface area contributed by atoms with E-state index >= 15 is 0 Å². The molecule has 0 fully saturated rings. The third kappa shape index (κ3) is 9.55. The van der Waals surface area contributed by atoms with E-state index in [0.717, 1.165) is 13.1 Å².